The van der Waals surface area contributed by atoms with E-state index in [2.05, 4.69) is 41.3 Å². The van der Waals surface area contributed by atoms with E-state index in [1.807, 2.05) is 17.0 Å². The van der Waals surface area contributed by atoms with Crippen molar-refractivity contribution in [3.63, 3.8) is 0 Å². The molecule has 0 saturated carbocycles. The zero-order valence-electron chi connectivity index (χ0n) is 15.9. The van der Waals surface area contributed by atoms with Crippen molar-refractivity contribution in [2.24, 2.45) is 0 Å². The Morgan fingerprint density at radius 3 is 2.30 bits per heavy atom. The molecule has 2 aromatic carbocycles. The van der Waals surface area contributed by atoms with Gasteiger partial charge in [-0.1, -0.05) is 36.4 Å². The van der Waals surface area contributed by atoms with Gasteiger partial charge >= 0.3 is 0 Å². The van der Waals surface area contributed by atoms with Crippen molar-refractivity contribution >= 4 is 5.91 Å². The molecule has 27 heavy (non-hydrogen) atoms. The molecule has 2 aliphatic heterocycles. The number of piperidine rings is 1. The van der Waals surface area contributed by atoms with Gasteiger partial charge in [0.2, 0.25) is 0 Å². The maximum absolute atomic E-state index is 12.7. The van der Waals surface area contributed by atoms with Crippen molar-refractivity contribution in [1.82, 2.24) is 9.80 Å². The molecule has 2 saturated heterocycles. The third-order valence-corrected chi connectivity index (χ3v) is 5.60. The van der Waals surface area contributed by atoms with Crippen LogP contribution in [0.1, 0.15) is 35.2 Å². The standard InChI is InChI=1S/C23H28N2O2/c26-23(25-12-4-1-5-13-25)20-10-8-19(9-11-20)22-7-3-2-6-21(22)18-24-14-16-27-17-15-24/h2-3,6-11H,1,4-5,12-18H2. The monoisotopic (exact) mass is 364 g/mol. The summed E-state index contributed by atoms with van der Waals surface area (Å²) in [6, 6.07) is 16.7. The fourth-order valence-electron chi connectivity index (χ4n) is 4.01. The summed E-state index contributed by atoms with van der Waals surface area (Å²) in [6.45, 7) is 6.32. The fraction of sp³-hybridized carbons (Fsp3) is 0.435. The van der Waals surface area contributed by atoms with E-state index in [9.17, 15) is 4.79 Å². The second-order valence-corrected chi connectivity index (χ2v) is 7.48. The minimum atomic E-state index is 0.169. The maximum Gasteiger partial charge on any atom is 0.253 e. The van der Waals surface area contributed by atoms with Crippen LogP contribution in [0.3, 0.4) is 0 Å². The van der Waals surface area contributed by atoms with Crippen molar-refractivity contribution in [1.29, 1.82) is 0 Å². The summed E-state index contributed by atoms with van der Waals surface area (Å²) in [5.41, 5.74) is 4.55. The number of morpholine rings is 1. The summed E-state index contributed by atoms with van der Waals surface area (Å²) >= 11 is 0. The lowest BCUT2D eigenvalue weighted by atomic mass is 9.98. The molecule has 4 nitrogen and oxygen atoms in total. The van der Waals surface area contributed by atoms with E-state index in [0.717, 1.165) is 64.3 Å². The Kier molecular flexibility index (Phi) is 5.85. The first kappa shape index (κ1) is 18.2. The minimum Gasteiger partial charge on any atom is -0.379 e. The van der Waals surface area contributed by atoms with Gasteiger partial charge in [-0.05, 0) is 48.1 Å². The molecule has 0 aliphatic carbocycles. The van der Waals surface area contributed by atoms with Gasteiger partial charge < -0.3 is 9.64 Å². The normalized spacial score (nSPS) is 18.4. The van der Waals surface area contributed by atoms with Gasteiger partial charge in [-0.3, -0.25) is 9.69 Å². The zero-order chi connectivity index (χ0) is 18.5. The summed E-state index contributed by atoms with van der Waals surface area (Å²) in [5, 5.41) is 0. The predicted molar refractivity (Wildman–Crippen MR) is 108 cm³/mol. The minimum absolute atomic E-state index is 0.169. The molecule has 0 spiro atoms. The highest BCUT2D eigenvalue weighted by molar-refractivity contribution is 5.94. The van der Waals surface area contributed by atoms with Gasteiger partial charge in [0.25, 0.3) is 5.91 Å². The van der Waals surface area contributed by atoms with E-state index in [1.54, 1.807) is 0 Å². The molecule has 1 amide bonds. The van der Waals surface area contributed by atoms with Crippen LogP contribution in [-0.2, 0) is 11.3 Å². The Bertz CT molecular complexity index is 760. The molecule has 0 N–H and O–H groups in total. The van der Waals surface area contributed by atoms with E-state index < -0.39 is 0 Å². The largest absolute Gasteiger partial charge is 0.379 e. The van der Waals surface area contributed by atoms with Crippen molar-refractivity contribution in [2.75, 3.05) is 39.4 Å². The van der Waals surface area contributed by atoms with Crippen molar-refractivity contribution < 1.29 is 9.53 Å². The van der Waals surface area contributed by atoms with Crippen LogP contribution < -0.4 is 0 Å². The van der Waals surface area contributed by atoms with Gasteiger partial charge in [0.05, 0.1) is 13.2 Å². The lowest BCUT2D eigenvalue weighted by molar-refractivity contribution is 0.0342. The lowest BCUT2D eigenvalue weighted by Gasteiger charge is -2.27. The first-order valence-corrected chi connectivity index (χ1v) is 10.1. The summed E-state index contributed by atoms with van der Waals surface area (Å²) in [4.78, 5) is 17.1. The van der Waals surface area contributed by atoms with Crippen molar-refractivity contribution in [2.45, 2.75) is 25.8 Å². The Labute approximate surface area is 161 Å². The molecule has 2 heterocycles. The van der Waals surface area contributed by atoms with Crippen LogP contribution >= 0.6 is 0 Å². The third-order valence-electron chi connectivity index (χ3n) is 5.60. The van der Waals surface area contributed by atoms with E-state index in [0.29, 0.717) is 0 Å². The third kappa shape index (κ3) is 4.40. The average molecular weight is 364 g/mol. The van der Waals surface area contributed by atoms with E-state index in [1.165, 1.54) is 23.1 Å². The number of likely N-dealkylation sites (tertiary alicyclic amines) is 1. The van der Waals surface area contributed by atoms with Crippen LogP contribution in [0.2, 0.25) is 0 Å². The molecule has 4 heteroatoms. The van der Waals surface area contributed by atoms with Crippen LogP contribution in [0.25, 0.3) is 11.1 Å². The highest BCUT2D eigenvalue weighted by Gasteiger charge is 2.18. The summed E-state index contributed by atoms with van der Waals surface area (Å²) < 4.78 is 5.46. The molecule has 4 rings (SSSR count). The first-order chi connectivity index (χ1) is 13.3. The van der Waals surface area contributed by atoms with Gasteiger partial charge in [0.15, 0.2) is 0 Å². The molecule has 2 fully saturated rings. The SMILES string of the molecule is O=C(c1ccc(-c2ccccc2CN2CCOCC2)cc1)N1CCCCC1. The van der Waals surface area contributed by atoms with Crippen LogP contribution in [0.4, 0.5) is 0 Å². The number of hydrogen-bond donors (Lipinski definition) is 0. The van der Waals surface area contributed by atoms with E-state index in [-0.39, 0.29) is 5.91 Å². The van der Waals surface area contributed by atoms with Crippen LogP contribution in [-0.4, -0.2) is 55.1 Å². The highest BCUT2D eigenvalue weighted by Crippen LogP contribution is 2.26. The molecule has 2 aromatic rings. The lowest BCUT2D eigenvalue weighted by Crippen LogP contribution is -2.35. The zero-order valence-corrected chi connectivity index (χ0v) is 15.9. The molecule has 2 aliphatic rings. The van der Waals surface area contributed by atoms with Gasteiger partial charge in [-0.2, -0.15) is 0 Å². The second-order valence-electron chi connectivity index (χ2n) is 7.48. The molecule has 0 unspecified atom stereocenters. The smallest absolute Gasteiger partial charge is 0.253 e. The maximum atomic E-state index is 12.7. The van der Waals surface area contributed by atoms with E-state index >= 15 is 0 Å². The Morgan fingerprint density at radius 2 is 1.56 bits per heavy atom. The Morgan fingerprint density at radius 1 is 0.852 bits per heavy atom. The Hall–Kier alpha value is -2.17. The quantitative estimate of drug-likeness (QED) is 0.827. The van der Waals surface area contributed by atoms with Crippen LogP contribution in [0.15, 0.2) is 48.5 Å². The number of nitrogens with zero attached hydrogens (tertiary/aromatic N) is 2. The van der Waals surface area contributed by atoms with Gasteiger partial charge in [-0.25, -0.2) is 0 Å². The molecular formula is C23H28N2O2. The fourth-order valence-corrected chi connectivity index (χ4v) is 4.01. The van der Waals surface area contributed by atoms with Crippen molar-refractivity contribution in [3.8, 4) is 11.1 Å². The number of amides is 1. The topological polar surface area (TPSA) is 32.8 Å². The second kappa shape index (κ2) is 8.68. The van der Waals surface area contributed by atoms with Gasteiger partial charge in [-0.15, -0.1) is 0 Å². The first-order valence-electron chi connectivity index (χ1n) is 10.1. The van der Waals surface area contributed by atoms with E-state index in [4.69, 9.17) is 4.74 Å². The molecule has 0 atom stereocenters. The predicted octanol–water partition coefficient (Wildman–Crippen LogP) is 3.81. The molecule has 142 valence electrons. The molecule has 0 aromatic heterocycles. The average Bonchev–Trinajstić information content (AvgIpc) is 2.75. The summed E-state index contributed by atoms with van der Waals surface area (Å²) in [6.07, 6.45) is 3.49. The highest BCUT2D eigenvalue weighted by atomic mass is 16.5. The number of ether oxygens (including phenoxy) is 1. The molecule has 0 bridgehead atoms. The molecular weight excluding hydrogens is 336 g/mol. The number of benzene rings is 2. The number of hydrogen-bond acceptors (Lipinski definition) is 3. The van der Waals surface area contributed by atoms with Crippen molar-refractivity contribution in [3.05, 3.63) is 59.7 Å². The Balaban J connectivity index is 1.51. The van der Waals surface area contributed by atoms with Gasteiger partial charge in [0.1, 0.15) is 0 Å². The molecule has 0 radical (unpaired) electrons. The number of carbonyl (C=O) groups excluding carboxylic acids is 1. The van der Waals surface area contributed by atoms with Crippen LogP contribution in [0, 0.1) is 0 Å². The summed E-state index contributed by atoms with van der Waals surface area (Å²) in [5.74, 6) is 0.169. The summed E-state index contributed by atoms with van der Waals surface area (Å²) in [7, 11) is 0. The van der Waals surface area contributed by atoms with Crippen LogP contribution in [0.5, 0.6) is 0 Å². The van der Waals surface area contributed by atoms with Gasteiger partial charge in [0, 0.05) is 38.3 Å². The number of rotatable bonds is 4. The number of carbonyl (C=O) groups is 1.